The molecule has 4 rings (SSSR count). The smallest absolute Gasteiger partial charge is 0.238 e. The average molecular weight is 492 g/mol. The Balaban J connectivity index is 1.49. The minimum absolute atomic E-state index is 0.0124. The number of nitrogens with two attached hydrogens (primary N) is 1. The molecule has 3 N–H and O–H groups in total. The van der Waals surface area contributed by atoms with E-state index in [0.29, 0.717) is 21.7 Å². The average Bonchev–Trinajstić information content (AvgIpc) is 3.42. The first-order chi connectivity index (χ1) is 15.3. The van der Waals surface area contributed by atoms with Gasteiger partial charge in [-0.3, -0.25) is 9.36 Å². The van der Waals surface area contributed by atoms with E-state index in [2.05, 4.69) is 20.1 Å². The molecule has 0 saturated heterocycles. The topological polar surface area (TPSA) is 120 Å². The van der Waals surface area contributed by atoms with Crippen molar-refractivity contribution >= 4 is 45.0 Å². The van der Waals surface area contributed by atoms with Crippen LogP contribution in [0.3, 0.4) is 0 Å². The van der Waals surface area contributed by atoms with Crippen molar-refractivity contribution in [1.82, 2.24) is 14.8 Å². The van der Waals surface area contributed by atoms with Gasteiger partial charge in [0.1, 0.15) is 0 Å². The van der Waals surface area contributed by atoms with Crippen molar-refractivity contribution in [3.8, 4) is 11.4 Å². The van der Waals surface area contributed by atoms with Crippen LogP contribution in [0.1, 0.15) is 31.7 Å². The summed E-state index contributed by atoms with van der Waals surface area (Å²) in [6.07, 6.45) is 4.35. The van der Waals surface area contributed by atoms with Gasteiger partial charge in [0.05, 0.1) is 15.7 Å². The highest BCUT2D eigenvalue weighted by molar-refractivity contribution is 7.99. The molecule has 1 aliphatic rings. The van der Waals surface area contributed by atoms with E-state index in [1.165, 1.54) is 36.0 Å². The van der Waals surface area contributed by atoms with Gasteiger partial charge >= 0.3 is 0 Å². The van der Waals surface area contributed by atoms with Crippen LogP contribution < -0.4 is 10.5 Å². The molecule has 2 aromatic carbocycles. The van der Waals surface area contributed by atoms with E-state index < -0.39 is 10.0 Å². The molecule has 0 bridgehead atoms. The summed E-state index contributed by atoms with van der Waals surface area (Å²) < 4.78 is 24.8. The van der Waals surface area contributed by atoms with Crippen molar-refractivity contribution in [3.05, 3.63) is 53.6 Å². The summed E-state index contributed by atoms with van der Waals surface area (Å²) in [5, 5.41) is 17.9. The predicted molar refractivity (Wildman–Crippen MR) is 125 cm³/mol. The Labute approximate surface area is 195 Å². The molecule has 3 aromatic rings. The van der Waals surface area contributed by atoms with Crippen molar-refractivity contribution in [3.63, 3.8) is 0 Å². The number of thioether (sulfide) groups is 1. The highest BCUT2D eigenvalue weighted by atomic mass is 35.5. The van der Waals surface area contributed by atoms with Crippen molar-refractivity contribution in [2.45, 2.75) is 41.8 Å². The number of sulfonamides is 1. The molecule has 1 heterocycles. The number of aromatic nitrogens is 3. The normalized spacial score (nSPS) is 14.6. The van der Waals surface area contributed by atoms with E-state index in [0.717, 1.165) is 31.2 Å². The number of hydrogen-bond donors (Lipinski definition) is 2. The van der Waals surface area contributed by atoms with Gasteiger partial charge in [0.25, 0.3) is 0 Å². The third-order valence-corrected chi connectivity index (χ3v) is 7.47. The Morgan fingerprint density at radius 1 is 1.12 bits per heavy atom. The molecule has 1 aliphatic carbocycles. The van der Waals surface area contributed by atoms with E-state index in [1.54, 1.807) is 0 Å². The Kier molecular flexibility index (Phi) is 6.85. The number of benzene rings is 2. The van der Waals surface area contributed by atoms with Crippen molar-refractivity contribution in [2.24, 2.45) is 5.14 Å². The molecule has 1 aromatic heterocycles. The van der Waals surface area contributed by atoms with Crippen molar-refractivity contribution in [1.29, 1.82) is 0 Å². The Morgan fingerprint density at radius 3 is 2.47 bits per heavy atom. The molecule has 0 spiro atoms. The Bertz CT molecular complexity index is 1220. The van der Waals surface area contributed by atoms with Crippen molar-refractivity contribution in [2.75, 3.05) is 11.1 Å². The number of halogens is 1. The third kappa shape index (κ3) is 5.15. The largest absolute Gasteiger partial charge is 0.325 e. The van der Waals surface area contributed by atoms with Crippen LogP contribution in [-0.4, -0.2) is 34.8 Å². The molecule has 8 nitrogen and oxygen atoms in total. The van der Waals surface area contributed by atoms with Crippen LogP contribution in [0.15, 0.2) is 58.6 Å². The number of anilines is 1. The highest BCUT2D eigenvalue weighted by Gasteiger charge is 2.26. The fourth-order valence-corrected chi connectivity index (χ4v) is 5.29. The first-order valence-electron chi connectivity index (χ1n) is 10.1. The molecular formula is C21H22ClN5O3S2. The second-order valence-electron chi connectivity index (χ2n) is 7.50. The summed E-state index contributed by atoms with van der Waals surface area (Å²) in [7, 11) is -3.78. The number of carbonyl (C=O) groups is 1. The van der Waals surface area contributed by atoms with Crippen LogP contribution in [0.2, 0.25) is 5.02 Å². The lowest BCUT2D eigenvalue weighted by Gasteiger charge is -2.17. The molecule has 1 fully saturated rings. The fraction of sp³-hybridized carbons (Fsp3) is 0.286. The van der Waals surface area contributed by atoms with Crippen LogP contribution in [0.4, 0.5) is 5.69 Å². The second kappa shape index (κ2) is 9.62. The molecule has 0 atom stereocenters. The van der Waals surface area contributed by atoms with Gasteiger partial charge in [0.15, 0.2) is 11.0 Å². The lowest BCUT2D eigenvalue weighted by Crippen LogP contribution is -2.16. The van der Waals surface area contributed by atoms with Crippen molar-refractivity contribution < 1.29 is 13.2 Å². The SMILES string of the molecule is NS(=O)(=O)c1ccc(NC(=O)CSc2nnc(-c3ccccc3Cl)n2C2CCCC2)cc1. The molecule has 0 unspecified atom stereocenters. The Hall–Kier alpha value is -2.40. The number of hydrogen-bond acceptors (Lipinski definition) is 6. The summed E-state index contributed by atoms with van der Waals surface area (Å²) >= 11 is 7.71. The van der Waals surface area contributed by atoms with Crippen LogP contribution in [0.25, 0.3) is 11.4 Å². The molecule has 0 radical (unpaired) electrons. The Morgan fingerprint density at radius 2 is 1.81 bits per heavy atom. The summed E-state index contributed by atoms with van der Waals surface area (Å²) in [5.41, 5.74) is 1.30. The number of carbonyl (C=O) groups excluding carboxylic acids is 1. The van der Waals surface area contributed by atoms with Crippen LogP contribution in [-0.2, 0) is 14.8 Å². The zero-order valence-corrected chi connectivity index (χ0v) is 19.5. The molecule has 1 saturated carbocycles. The molecule has 1 amide bonds. The lowest BCUT2D eigenvalue weighted by atomic mass is 10.2. The van der Waals surface area contributed by atoms with E-state index in [1.807, 2.05) is 24.3 Å². The minimum Gasteiger partial charge on any atom is -0.325 e. The molecular weight excluding hydrogens is 470 g/mol. The standard InChI is InChI=1S/C21H22ClN5O3S2/c22-18-8-4-3-7-17(18)20-25-26-21(27(20)15-5-1-2-6-15)31-13-19(28)24-14-9-11-16(12-10-14)32(23,29)30/h3-4,7-12,15H,1-2,5-6,13H2,(H,24,28)(H2,23,29,30). The van der Waals surface area contributed by atoms with Gasteiger partial charge in [-0.2, -0.15) is 0 Å². The number of nitrogens with one attached hydrogen (secondary N) is 1. The molecule has 0 aliphatic heterocycles. The van der Waals surface area contributed by atoms with Crippen LogP contribution in [0.5, 0.6) is 0 Å². The number of nitrogens with zero attached hydrogens (tertiary/aromatic N) is 3. The maximum atomic E-state index is 12.5. The molecule has 11 heteroatoms. The minimum atomic E-state index is -3.78. The van der Waals surface area contributed by atoms with Gasteiger partial charge < -0.3 is 5.32 Å². The fourth-order valence-electron chi connectivity index (χ4n) is 3.75. The summed E-state index contributed by atoms with van der Waals surface area (Å²) in [5.74, 6) is 0.604. The van der Waals surface area contributed by atoms with Gasteiger partial charge in [-0.1, -0.05) is 48.3 Å². The van der Waals surface area contributed by atoms with E-state index in [-0.39, 0.29) is 22.6 Å². The van der Waals surface area contributed by atoms with Gasteiger partial charge in [0.2, 0.25) is 15.9 Å². The van der Waals surface area contributed by atoms with Crippen LogP contribution >= 0.6 is 23.4 Å². The predicted octanol–water partition coefficient (Wildman–Crippen LogP) is 4.09. The van der Waals surface area contributed by atoms with Gasteiger partial charge in [-0.15, -0.1) is 10.2 Å². The van der Waals surface area contributed by atoms with Crippen LogP contribution in [0, 0.1) is 0 Å². The maximum Gasteiger partial charge on any atom is 0.238 e. The first-order valence-corrected chi connectivity index (χ1v) is 13.0. The quantitative estimate of drug-likeness (QED) is 0.480. The second-order valence-corrected chi connectivity index (χ2v) is 10.4. The van der Waals surface area contributed by atoms with E-state index >= 15 is 0 Å². The molecule has 32 heavy (non-hydrogen) atoms. The van der Waals surface area contributed by atoms with Gasteiger partial charge in [-0.25, -0.2) is 13.6 Å². The third-order valence-electron chi connectivity index (χ3n) is 5.27. The number of amides is 1. The lowest BCUT2D eigenvalue weighted by molar-refractivity contribution is -0.113. The zero-order chi connectivity index (χ0) is 22.7. The first kappa shape index (κ1) is 22.8. The maximum absolute atomic E-state index is 12.5. The van der Waals surface area contributed by atoms with E-state index in [4.69, 9.17) is 16.7 Å². The molecule has 168 valence electrons. The van der Waals surface area contributed by atoms with Gasteiger partial charge in [-0.05, 0) is 49.2 Å². The number of primary sulfonamides is 1. The van der Waals surface area contributed by atoms with Gasteiger partial charge in [0, 0.05) is 17.3 Å². The number of rotatable bonds is 7. The van der Waals surface area contributed by atoms with E-state index in [9.17, 15) is 13.2 Å². The monoisotopic (exact) mass is 491 g/mol. The highest BCUT2D eigenvalue weighted by Crippen LogP contribution is 2.38. The summed E-state index contributed by atoms with van der Waals surface area (Å²) in [6, 6.07) is 13.5. The summed E-state index contributed by atoms with van der Waals surface area (Å²) in [6.45, 7) is 0. The summed E-state index contributed by atoms with van der Waals surface area (Å²) in [4.78, 5) is 12.5. The zero-order valence-electron chi connectivity index (χ0n) is 17.1.